The summed E-state index contributed by atoms with van der Waals surface area (Å²) in [6.45, 7) is 0.0945. The molecule has 18 heavy (non-hydrogen) atoms. The summed E-state index contributed by atoms with van der Waals surface area (Å²) in [6, 6.07) is 10.2. The van der Waals surface area contributed by atoms with Crippen LogP contribution < -0.4 is 5.43 Å². The van der Waals surface area contributed by atoms with Gasteiger partial charge in [0.1, 0.15) is 11.2 Å². The fourth-order valence-corrected chi connectivity index (χ4v) is 1.93. The Hall–Kier alpha value is -2.20. The Balaban J connectivity index is 2.26. The van der Waals surface area contributed by atoms with Crippen molar-refractivity contribution in [2.45, 2.75) is 6.42 Å². The van der Waals surface area contributed by atoms with Crippen LogP contribution in [0.25, 0.3) is 22.6 Å². The molecule has 1 aliphatic heterocycles. The van der Waals surface area contributed by atoms with Crippen LogP contribution in [0, 0.1) is 0 Å². The molecule has 0 fully saturated rings. The smallest absolute Gasteiger partial charge is 0.182 e. The highest BCUT2D eigenvalue weighted by Crippen LogP contribution is 2.24. The third-order valence-electron chi connectivity index (χ3n) is 2.82. The number of aromatic nitrogens is 1. The molecule has 4 nitrogen and oxygen atoms in total. The van der Waals surface area contributed by atoms with Crippen LogP contribution in [-0.4, -0.2) is 16.7 Å². The third-order valence-corrected chi connectivity index (χ3v) is 2.82. The zero-order chi connectivity index (χ0) is 12.5. The molecule has 4 heteroatoms. The lowest BCUT2D eigenvalue weighted by molar-refractivity contribution is 0.299. The normalized spacial score (nSPS) is 11.2. The van der Waals surface area contributed by atoms with Crippen molar-refractivity contribution in [1.29, 1.82) is 0 Å². The molecule has 0 spiro atoms. The molecule has 0 unspecified atom stereocenters. The van der Waals surface area contributed by atoms with Crippen molar-refractivity contribution in [3.63, 3.8) is 0 Å². The minimum Gasteiger partial charge on any atom is -0.453 e. The van der Waals surface area contributed by atoms with Crippen LogP contribution in [0.15, 0.2) is 45.6 Å². The SMILES string of the molecule is O=c1ccc2nc3ccc(CCO)cc3oc-2c1. The number of hydrogen-bond donors (Lipinski definition) is 1. The van der Waals surface area contributed by atoms with E-state index >= 15 is 0 Å². The van der Waals surface area contributed by atoms with Crippen molar-refractivity contribution in [3.05, 3.63) is 52.2 Å². The largest absolute Gasteiger partial charge is 0.453 e. The topological polar surface area (TPSA) is 63.3 Å². The van der Waals surface area contributed by atoms with E-state index in [1.807, 2.05) is 18.2 Å². The lowest BCUT2D eigenvalue weighted by Crippen LogP contribution is -1.99. The van der Waals surface area contributed by atoms with E-state index in [9.17, 15) is 4.79 Å². The minimum atomic E-state index is -0.0982. The summed E-state index contributed by atoms with van der Waals surface area (Å²) < 4.78 is 5.67. The summed E-state index contributed by atoms with van der Waals surface area (Å²) in [5.41, 5.74) is 2.91. The van der Waals surface area contributed by atoms with Crippen molar-refractivity contribution < 1.29 is 9.52 Å². The quantitative estimate of drug-likeness (QED) is 0.695. The monoisotopic (exact) mass is 241 g/mol. The fourth-order valence-electron chi connectivity index (χ4n) is 1.93. The Bertz CT molecular complexity index is 733. The van der Waals surface area contributed by atoms with Gasteiger partial charge in [-0.3, -0.25) is 4.79 Å². The van der Waals surface area contributed by atoms with E-state index in [-0.39, 0.29) is 12.0 Å². The molecule has 1 aliphatic carbocycles. The van der Waals surface area contributed by atoms with Crippen LogP contribution in [0.2, 0.25) is 0 Å². The van der Waals surface area contributed by atoms with Gasteiger partial charge in [-0.25, -0.2) is 4.98 Å². The van der Waals surface area contributed by atoms with Crippen LogP contribution in [0.5, 0.6) is 0 Å². The lowest BCUT2D eigenvalue weighted by atomic mass is 10.1. The lowest BCUT2D eigenvalue weighted by Gasteiger charge is -2.06. The zero-order valence-electron chi connectivity index (χ0n) is 9.59. The van der Waals surface area contributed by atoms with Crippen LogP contribution >= 0.6 is 0 Å². The second-order valence-electron chi connectivity index (χ2n) is 4.12. The summed E-state index contributed by atoms with van der Waals surface area (Å²) >= 11 is 0. The predicted octanol–water partition coefficient (Wildman–Crippen LogP) is 1.83. The van der Waals surface area contributed by atoms with Crippen LogP contribution in [0.3, 0.4) is 0 Å². The molecule has 1 heterocycles. The van der Waals surface area contributed by atoms with Gasteiger partial charge in [0.15, 0.2) is 16.8 Å². The van der Waals surface area contributed by atoms with E-state index < -0.39 is 0 Å². The van der Waals surface area contributed by atoms with Gasteiger partial charge >= 0.3 is 0 Å². The summed E-state index contributed by atoms with van der Waals surface area (Å²) in [4.78, 5) is 15.7. The maximum absolute atomic E-state index is 11.3. The third kappa shape index (κ3) is 1.87. The molecule has 0 atom stereocenters. The highest BCUT2D eigenvalue weighted by Gasteiger charge is 2.09. The number of rotatable bonds is 2. The number of nitrogens with zero attached hydrogens (tertiary/aromatic N) is 1. The van der Waals surface area contributed by atoms with Crippen LogP contribution in [0.4, 0.5) is 0 Å². The van der Waals surface area contributed by atoms with Crippen molar-refractivity contribution >= 4 is 11.1 Å². The van der Waals surface area contributed by atoms with Gasteiger partial charge in [-0.15, -0.1) is 0 Å². The molecule has 0 saturated heterocycles. The minimum absolute atomic E-state index is 0.0945. The molecular formula is C14H11NO3. The average Bonchev–Trinajstić information content (AvgIpc) is 2.36. The molecule has 0 radical (unpaired) electrons. The van der Waals surface area contributed by atoms with Crippen LogP contribution in [0.1, 0.15) is 5.56 Å². The van der Waals surface area contributed by atoms with Gasteiger partial charge in [-0.05, 0) is 36.2 Å². The van der Waals surface area contributed by atoms with Gasteiger partial charge in [0.2, 0.25) is 0 Å². The number of hydrogen-bond acceptors (Lipinski definition) is 4. The first-order valence-corrected chi connectivity index (χ1v) is 5.71. The number of fused-ring (bicyclic) bond motifs is 2. The van der Waals surface area contributed by atoms with E-state index in [4.69, 9.17) is 9.52 Å². The maximum Gasteiger partial charge on any atom is 0.182 e. The van der Waals surface area contributed by atoms with Gasteiger partial charge < -0.3 is 9.52 Å². The zero-order valence-corrected chi connectivity index (χ0v) is 9.59. The molecule has 0 aromatic heterocycles. The van der Waals surface area contributed by atoms with Gasteiger partial charge in [-0.1, -0.05) is 6.07 Å². The second-order valence-corrected chi connectivity index (χ2v) is 4.12. The Kier molecular flexibility index (Phi) is 2.57. The van der Waals surface area contributed by atoms with E-state index in [1.54, 1.807) is 6.07 Å². The van der Waals surface area contributed by atoms with Crippen molar-refractivity contribution in [2.75, 3.05) is 6.61 Å². The summed E-state index contributed by atoms with van der Waals surface area (Å²) in [7, 11) is 0. The molecule has 2 aliphatic rings. The Labute approximate surface area is 103 Å². The molecule has 3 rings (SSSR count). The Morgan fingerprint density at radius 1 is 1.17 bits per heavy atom. The molecule has 1 aromatic rings. The molecular weight excluding hydrogens is 230 g/mol. The maximum atomic E-state index is 11.3. The van der Waals surface area contributed by atoms with Crippen molar-refractivity contribution in [3.8, 4) is 11.5 Å². The number of benzene rings is 2. The first-order valence-electron chi connectivity index (χ1n) is 5.71. The van der Waals surface area contributed by atoms with Gasteiger partial charge in [0, 0.05) is 12.7 Å². The first kappa shape index (κ1) is 10.9. The average molecular weight is 241 g/mol. The Morgan fingerprint density at radius 2 is 2.06 bits per heavy atom. The highest BCUT2D eigenvalue weighted by molar-refractivity contribution is 5.76. The van der Waals surface area contributed by atoms with Crippen molar-refractivity contribution in [1.82, 2.24) is 4.98 Å². The summed E-state index contributed by atoms with van der Waals surface area (Å²) in [6.07, 6.45) is 0.574. The number of aliphatic hydroxyl groups excluding tert-OH is 1. The van der Waals surface area contributed by atoms with Gasteiger partial charge in [-0.2, -0.15) is 0 Å². The Morgan fingerprint density at radius 3 is 2.89 bits per heavy atom. The van der Waals surface area contributed by atoms with Crippen LogP contribution in [-0.2, 0) is 6.42 Å². The van der Waals surface area contributed by atoms with E-state index in [0.29, 0.717) is 23.5 Å². The molecule has 90 valence electrons. The van der Waals surface area contributed by atoms with Gasteiger partial charge in [0.05, 0.1) is 0 Å². The van der Waals surface area contributed by atoms with E-state index in [1.165, 1.54) is 12.1 Å². The molecule has 0 saturated carbocycles. The van der Waals surface area contributed by atoms with E-state index in [0.717, 1.165) is 11.1 Å². The standard InChI is InChI=1S/C14H11NO3/c16-6-5-9-1-3-11-13(7-9)18-14-8-10(17)2-4-12(14)15-11/h1-4,7-8,16H,5-6H2. The molecule has 0 bridgehead atoms. The summed E-state index contributed by atoms with van der Waals surface area (Å²) in [5.74, 6) is 0.483. The van der Waals surface area contributed by atoms with E-state index in [2.05, 4.69) is 4.98 Å². The molecule has 0 amide bonds. The fraction of sp³-hybridized carbons (Fsp3) is 0.143. The van der Waals surface area contributed by atoms with Gasteiger partial charge in [0.25, 0.3) is 0 Å². The second kappa shape index (κ2) is 4.23. The highest BCUT2D eigenvalue weighted by atomic mass is 16.3. The molecule has 1 N–H and O–H groups in total. The molecule has 1 aromatic carbocycles. The van der Waals surface area contributed by atoms with Crippen molar-refractivity contribution in [2.24, 2.45) is 0 Å². The first-order chi connectivity index (χ1) is 8.76. The number of aliphatic hydroxyl groups is 1. The summed E-state index contributed by atoms with van der Waals surface area (Å²) in [5, 5.41) is 8.91. The predicted molar refractivity (Wildman–Crippen MR) is 67.7 cm³/mol.